The molecule has 0 aromatic heterocycles. The van der Waals surface area contributed by atoms with Crippen LogP contribution < -0.4 is 11.1 Å². The van der Waals surface area contributed by atoms with Crippen molar-refractivity contribution in [1.29, 1.82) is 0 Å². The Hall–Kier alpha value is -1.29. The standard InChI is InChI=1S/C38H75N2O8P/c1-5-8-10-12-14-16-17-19-20-22-24-26-37(41)40-36(34-47-49(43,45-30-7-3)46-32-29-39)33-44-31-28-35(4)48-38(42)27-25-23-21-18-15-13-11-9-6-2/h7,35-36H,3,5-6,8-34,39H2,1-2,4H3,(H,40,41)/t35-,36+,49?/m1/s1. The molecule has 11 heteroatoms. The highest BCUT2D eigenvalue weighted by atomic mass is 31.2. The van der Waals surface area contributed by atoms with Crippen molar-refractivity contribution in [3.8, 4) is 0 Å². The number of phosphoric ester groups is 1. The smallest absolute Gasteiger partial charge is 0.463 e. The van der Waals surface area contributed by atoms with Crippen molar-refractivity contribution < 1.29 is 37.2 Å². The summed E-state index contributed by atoms with van der Waals surface area (Å²) in [5.74, 6) is -0.291. The molecule has 0 rings (SSSR count). The van der Waals surface area contributed by atoms with E-state index in [0.717, 1.165) is 32.1 Å². The maximum Gasteiger partial charge on any atom is 0.475 e. The normalized spacial score (nSPS) is 13.9. The summed E-state index contributed by atoms with van der Waals surface area (Å²) in [6.07, 6.45) is 26.6. The average Bonchev–Trinajstić information content (AvgIpc) is 3.08. The van der Waals surface area contributed by atoms with E-state index in [2.05, 4.69) is 25.7 Å². The highest BCUT2D eigenvalue weighted by Crippen LogP contribution is 2.49. The van der Waals surface area contributed by atoms with Crippen LogP contribution in [0.3, 0.4) is 0 Å². The summed E-state index contributed by atoms with van der Waals surface area (Å²) < 4.78 is 40.6. The zero-order valence-corrected chi connectivity index (χ0v) is 32.6. The number of carbonyl (C=O) groups is 2. The minimum absolute atomic E-state index is 0.00344. The molecular formula is C38H75N2O8P. The van der Waals surface area contributed by atoms with Crippen molar-refractivity contribution in [1.82, 2.24) is 5.32 Å². The number of rotatable bonds is 38. The molecule has 0 aromatic carbocycles. The lowest BCUT2D eigenvalue weighted by Crippen LogP contribution is -2.41. The van der Waals surface area contributed by atoms with Crippen LogP contribution >= 0.6 is 7.82 Å². The number of phosphoric acid groups is 1. The molecule has 0 aliphatic carbocycles. The van der Waals surface area contributed by atoms with Gasteiger partial charge in [-0.3, -0.25) is 23.2 Å². The van der Waals surface area contributed by atoms with Crippen molar-refractivity contribution in [3.63, 3.8) is 0 Å². The number of carbonyl (C=O) groups excluding carboxylic acids is 2. The fourth-order valence-corrected chi connectivity index (χ4v) is 6.58. The third kappa shape index (κ3) is 32.4. The maximum atomic E-state index is 13.0. The Bertz CT molecular complexity index is 832. The molecule has 3 atom stereocenters. The number of esters is 1. The Morgan fingerprint density at radius 1 is 0.714 bits per heavy atom. The van der Waals surface area contributed by atoms with E-state index in [0.29, 0.717) is 25.9 Å². The van der Waals surface area contributed by atoms with E-state index in [1.165, 1.54) is 102 Å². The molecule has 1 unspecified atom stereocenters. The molecular weight excluding hydrogens is 643 g/mol. The summed E-state index contributed by atoms with van der Waals surface area (Å²) in [5, 5.41) is 2.96. The van der Waals surface area contributed by atoms with E-state index < -0.39 is 13.9 Å². The fourth-order valence-electron chi connectivity index (χ4n) is 5.38. The summed E-state index contributed by atoms with van der Waals surface area (Å²) in [6.45, 7) is 10.3. The average molecular weight is 719 g/mol. The largest absolute Gasteiger partial charge is 0.475 e. The van der Waals surface area contributed by atoms with Gasteiger partial charge in [-0.2, -0.15) is 0 Å². The molecule has 0 saturated carbocycles. The van der Waals surface area contributed by atoms with E-state index >= 15 is 0 Å². The van der Waals surface area contributed by atoms with Crippen molar-refractivity contribution in [2.75, 3.05) is 39.6 Å². The topological polar surface area (TPSA) is 135 Å². The first kappa shape index (κ1) is 47.7. The van der Waals surface area contributed by atoms with Crippen molar-refractivity contribution in [3.05, 3.63) is 12.7 Å². The number of unbranched alkanes of at least 4 members (excludes halogenated alkanes) is 18. The minimum atomic E-state index is -3.91. The quantitative estimate of drug-likeness (QED) is 0.0277. The maximum absolute atomic E-state index is 13.0. The molecule has 3 N–H and O–H groups in total. The third-order valence-corrected chi connectivity index (χ3v) is 9.76. The summed E-state index contributed by atoms with van der Waals surface area (Å²) in [7, 11) is -3.91. The Morgan fingerprint density at radius 2 is 1.22 bits per heavy atom. The first-order chi connectivity index (χ1) is 23.8. The highest BCUT2D eigenvalue weighted by molar-refractivity contribution is 7.48. The van der Waals surface area contributed by atoms with Crippen LogP contribution in [0.2, 0.25) is 0 Å². The Labute approximate surface area is 300 Å². The first-order valence-corrected chi connectivity index (χ1v) is 21.2. The molecule has 0 heterocycles. The Balaban J connectivity index is 4.56. The van der Waals surface area contributed by atoms with E-state index in [1.54, 1.807) is 0 Å². The second-order valence-corrected chi connectivity index (χ2v) is 14.9. The second kappa shape index (κ2) is 35.1. The van der Waals surface area contributed by atoms with Gasteiger partial charge in [0.15, 0.2) is 0 Å². The second-order valence-electron chi connectivity index (χ2n) is 13.2. The van der Waals surface area contributed by atoms with Gasteiger partial charge in [-0.1, -0.05) is 135 Å². The Kier molecular flexibility index (Phi) is 34.2. The van der Waals surface area contributed by atoms with E-state index in [-0.39, 0.29) is 51.0 Å². The highest BCUT2D eigenvalue weighted by Gasteiger charge is 2.28. The summed E-state index contributed by atoms with van der Waals surface area (Å²) >= 11 is 0. The van der Waals surface area contributed by atoms with Crippen molar-refractivity contribution >= 4 is 19.7 Å². The number of hydrogen-bond acceptors (Lipinski definition) is 9. The van der Waals surface area contributed by atoms with Gasteiger partial charge in [0, 0.05) is 25.8 Å². The predicted octanol–water partition coefficient (Wildman–Crippen LogP) is 9.73. The molecule has 0 aliphatic heterocycles. The lowest BCUT2D eigenvalue weighted by molar-refractivity contribution is -0.149. The lowest BCUT2D eigenvalue weighted by Gasteiger charge is -2.23. The summed E-state index contributed by atoms with van der Waals surface area (Å²) in [6, 6.07) is -0.577. The molecule has 0 radical (unpaired) electrons. The molecule has 49 heavy (non-hydrogen) atoms. The fraction of sp³-hybridized carbons (Fsp3) is 0.895. The molecule has 0 saturated heterocycles. The first-order valence-electron chi connectivity index (χ1n) is 19.7. The number of hydrogen-bond donors (Lipinski definition) is 2. The van der Waals surface area contributed by atoms with Crippen molar-refractivity contribution in [2.45, 2.75) is 181 Å². The number of nitrogens with one attached hydrogen (secondary N) is 1. The molecule has 0 spiro atoms. The van der Waals surface area contributed by atoms with Gasteiger partial charge >= 0.3 is 13.8 Å². The van der Waals surface area contributed by atoms with Crippen LogP contribution in [0.25, 0.3) is 0 Å². The van der Waals surface area contributed by atoms with Gasteiger partial charge in [0.2, 0.25) is 5.91 Å². The predicted molar refractivity (Wildman–Crippen MR) is 201 cm³/mol. The molecule has 0 aromatic rings. The number of nitrogens with two attached hydrogens (primary N) is 1. The van der Waals surface area contributed by atoms with Gasteiger partial charge in [0.25, 0.3) is 0 Å². The van der Waals surface area contributed by atoms with Gasteiger partial charge in [0.1, 0.15) is 6.10 Å². The van der Waals surface area contributed by atoms with Crippen molar-refractivity contribution in [2.24, 2.45) is 5.73 Å². The van der Waals surface area contributed by atoms with Crippen LogP contribution in [0.4, 0.5) is 0 Å². The zero-order chi connectivity index (χ0) is 36.3. The molecule has 10 nitrogen and oxygen atoms in total. The van der Waals surface area contributed by atoms with E-state index in [4.69, 9.17) is 28.8 Å². The van der Waals surface area contributed by atoms with Crippen LogP contribution in [-0.2, 0) is 37.2 Å². The van der Waals surface area contributed by atoms with Crippen LogP contribution in [0.15, 0.2) is 12.7 Å². The van der Waals surface area contributed by atoms with Gasteiger partial charge in [-0.25, -0.2) is 4.57 Å². The van der Waals surface area contributed by atoms with Gasteiger partial charge in [-0.15, -0.1) is 6.58 Å². The van der Waals surface area contributed by atoms with Crippen LogP contribution in [0.1, 0.15) is 168 Å². The third-order valence-electron chi connectivity index (χ3n) is 8.33. The van der Waals surface area contributed by atoms with Gasteiger partial charge in [-0.05, 0) is 19.8 Å². The SMILES string of the molecule is C=CCOP(=O)(OCCN)OC[C@H](COCC[C@@H](C)OC(=O)CCCCCCCCCCC)NC(=O)CCCCCCCCCCCCC. The summed E-state index contributed by atoms with van der Waals surface area (Å²) in [5.41, 5.74) is 5.51. The van der Waals surface area contributed by atoms with Crippen LogP contribution in [0, 0.1) is 0 Å². The van der Waals surface area contributed by atoms with Gasteiger partial charge < -0.3 is 20.5 Å². The van der Waals surface area contributed by atoms with E-state index in [1.807, 2.05) is 6.92 Å². The molecule has 1 amide bonds. The lowest BCUT2D eigenvalue weighted by atomic mass is 10.1. The monoisotopic (exact) mass is 719 g/mol. The summed E-state index contributed by atoms with van der Waals surface area (Å²) in [4.78, 5) is 25.1. The molecule has 0 aliphatic rings. The molecule has 0 bridgehead atoms. The van der Waals surface area contributed by atoms with E-state index in [9.17, 15) is 14.2 Å². The number of amides is 1. The zero-order valence-electron chi connectivity index (χ0n) is 31.7. The molecule has 0 fully saturated rings. The Morgan fingerprint density at radius 3 is 1.73 bits per heavy atom. The van der Waals surface area contributed by atoms with Gasteiger partial charge in [0.05, 0.1) is 39.1 Å². The number of ether oxygens (including phenoxy) is 2. The van der Waals surface area contributed by atoms with Crippen LogP contribution in [0.5, 0.6) is 0 Å². The van der Waals surface area contributed by atoms with Crippen LogP contribution in [-0.4, -0.2) is 63.6 Å². The molecule has 290 valence electrons. The minimum Gasteiger partial charge on any atom is -0.463 e.